The van der Waals surface area contributed by atoms with Crippen LogP contribution in [0.1, 0.15) is 30.9 Å². The fraction of sp³-hybridized carbons (Fsp3) is 0.500. The van der Waals surface area contributed by atoms with Gasteiger partial charge in [0.05, 0.1) is 0 Å². The van der Waals surface area contributed by atoms with Crippen molar-refractivity contribution >= 4 is 5.95 Å². The van der Waals surface area contributed by atoms with Crippen LogP contribution in [-0.2, 0) is 19.3 Å². The van der Waals surface area contributed by atoms with E-state index in [9.17, 15) is 0 Å². The van der Waals surface area contributed by atoms with E-state index in [2.05, 4.69) is 48.3 Å². The molecule has 0 aliphatic carbocycles. The fourth-order valence-corrected chi connectivity index (χ4v) is 2.09. The number of benzene rings is 1. The van der Waals surface area contributed by atoms with Crippen LogP contribution in [0.5, 0.6) is 0 Å². The zero-order valence-electron chi connectivity index (χ0n) is 12.8. The molecule has 0 bridgehead atoms. The normalized spacial score (nSPS) is 11.1. The Hall–Kier alpha value is -1.84. The first-order valence-corrected chi connectivity index (χ1v) is 7.12. The van der Waals surface area contributed by atoms with Crippen LogP contribution >= 0.6 is 0 Å². The predicted molar refractivity (Wildman–Crippen MR) is 81.0 cm³/mol. The van der Waals surface area contributed by atoms with Crippen molar-refractivity contribution in [3.63, 3.8) is 0 Å². The molecule has 4 nitrogen and oxygen atoms in total. The minimum absolute atomic E-state index is 0.632. The van der Waals surface area contributed by atoms with E-state index in [1.54, 1.807) is 0 Å². The monoisotopic (exact) mass is 273 g/mol. The van der Waals surface area contributed by atoms with Gasteiger partial charge in [0, 0.05) is 20.5 Å². The van der Waals surface area contributed by atoms with Crippen molar-refractivity contribution in [2.75, 3.05) is 19.0 Å². The van der Waals surface area contributed by atoms with E-state index < -0.39 is 0 Å². The first-order chi connectivity index (χ1) is 9.54. The van der Waals surface area contributed by atoms with E-state index in [1.807, 2.05) is 19.0 Å². The van der Waals surface area contributed by atoms with Crippen molar-refractivity contribution in [1.82, 2.24) is 10.1 Å². The Balaban J connectivity index is 1.90. The number of rotatable bonds is 6. The maximum absolute atomic E-state index is 5.22. The molecule has 0 N–H and O–H groups in total. The maximum Gasteiger partial charge on any atom is 0.265 e. The summed E-state index contributed by atoms with van der Waals surface area (Å²) in [4.78, 5) is 6.17. The molecular formula is C16H23N3O. The van der Waals surface area contributed by atoms with E-state index in [0.717, 1.165) is 19.3 Å². The van der Waals surface area contributed by atoms with Gasteiger partial charge in [-0.3, -0.25) is 0 Å². The molecule has 0 spiro atoms. The highest BCUT2D eigenvalue weighted by molar-refractivity contribution is 5.25. The van der Waals surface area contributed by atoms with Gasteiger partial charge in [0.1, 0.15) is 0 Å². The quantitative estimate of drug-likeness (QED) is 0.811. The van der Waals surface area contributed by atoms with Crippen molar-refractivity contribution in [1.29, 1.82) is 0 Å². The lowest BCUT2D eigenvalue weighted by Gasteiger charge is -2.06. The number of aromatic nitrogens is 2. The second kappa shape index (κ2) is 6.55. The van der Waals surface area contributed by atoms with Gasteiger partial charge in [-0.15, -0.1) is 0 Å². The minimum atomic E-state index is 0.632. The fourth-order valence-electron chi connectivity index (χ4n) is 2.09. The van der Waals surface area contributed by atoms with Crippen molar-refractivity contribution in [3.8, 4) is 0 Å². The minimum Gasteiger partial charge on any atom is -0.344 e. The molecule has 2 rings (SSSR count). The van der Waals surface area contributed by atoms with E-state index in [-0.39, 0.29) is 0 Å². The Morgan fingerprint density at radius 3 is 2.25 bits per heavy atom. The van der Waals surface area contributed by atoms with Crippen molar-refractivity contribution in [3.05, 3.63) is 41.3 Å². The van der Waals surface area contributed by atoms with E-state index in [1.165, 1.54) is 11.1 Å². The Morgan fingerprint density at radius 1 is 1.05 bits per heavy atom. The SMILES string of the molecule is CC(C)Cc1ccc(CCc2nc(N(C)C)no2)cc1. The van der Waals surface area contributed by atoms with Gasteiger partial charge in [0.2, 0.25) is 5.89 Å². The van der Waals surface area contributed by atoms with Crippen LogP contribution in [0, 0.1) is 5.92 Å². The highest BCUT2D eigenvalue weighted by Crippen LogP contribution is 2.12. The summed E-state index contributed by atoms with van der Waals surface area (Å²) in [5, 5.41) is 3.91. The summed E-state index contributed by atoms with van der Waals surface area (Å²) in [5.74, 6) is 2.02. The van der Waals surface area contributed by atoms with Crippen LogP contribution in [0.4, 0.5) is 5.95 Å². The molecule has 0 saturated heterocycles. The predicted octanol–water partition coefficient (Wildman–Crippen LogP) is 3.12. The van der Waals surface area contributed by atoms with Crippen molar-refractivity contribution in [2.24, 2.45) is 5.92 Å². The van der Waals surface area contributed by atoms with Gasteiger partial charge >= 0.3 is 0 Å². The third-order valence-corrected chi connectivity index (χ3v) is 3.15. The highest BCUT2D eigenvalue weighted by Gasteiger charge is 2.07. The molecule has 1 aromatic heterocycles. The number of hydrogen-bond donors (Lipinski definition) is 0. The summed E-state index contributed by atoms with van der Waals surface area (Å²) in [6.45, 7) is 4.48. The smallest absolute Gasteiger partial charge is 0.265 e. The van der Waals surface area contributed by atoms with Gasteiger partial charge < -0.3 is 9.42 Å². The average molecular weight is 273 g/mol. The molecule has 0 amide bonds. The first kappa shape index (κ1) is 14.6. The molecule has 20 heavy (non-hydrogen) atoms. The van der Waals surface area contributed by atoms with Gasteiger partial charge in [-0.2, -0.15) is 4.98 Å². The lowest BCUT2D eigenvalue weighted by atomic mass is 10.0. The maximum atomic E-state index is 5.22. The van der Waals surface area contributed by atoms with Crippen LogP contribution in [0.3, 0.4) is 0 Å². The zero-order valence-corrected chi connectivity index (χ0v) is 12.8. The summed E-state index contributed by atoms with van der Waals surface area (Å²) in [6, 6.07) is 8.82. The largest absolute Gasteiger partial charge is 0.344 e. The molecule has 0 radical (unpaired) electrons. The van der Waals surface area contributed by atoms with Gasteiger partial charge in [0.15, 0.2) is 0 Å². The third-order valence-electron chi connectivity index (χ3n) is 3.15. The van der Waals surface area contributed by atoms with Gasteiger partial charge in [-0.25, -0.2) is 0 Å². The molecule has 108 valence electrons. The Bertz CT molecular complexity index is 529. The topological polar surface area (TPSA) is 42.2 Å². The highest BCUT2D eigenvalue weighted by atomic mass is 16.5. The molecule has 0 saturated carbocycles. The molecule has 0 aliphatic heterocycles. The molecule has 0 aliphatic rings. The molecule has 1 aromatic carbocycles. The third kappa shape index (κ3) is 4.08. The molecule has 0 unspecified atom stereocenters. The van der Waals surface area contributed by atoms with Crippen molar-refractivity contribution < 1.29 is 4.52 Å². The summed E-state index contributed by atoms with van der Waals surface area (Å²) in [5.41, 5.74) is 2.71. The first-order valence-electron chi connectivity index (χ1n) is 7.12. The second-order valence-electron chi connectivity index (χ2n) is 5.80. The van der Waals surface area contributed by atoms with Crippen molar-refractivity contribution in [2.45, 2.75) is 33.1 Å². The lowest BCUT2D eigenvalue weighted by Crippen LogP contribution is -2.10. The standard InChI is InChI=1S/C16H23N3O/c1-12(2)11-14-7-5-13(6-8-14)9-10-15-17-16(18-20-15)19(3)4/h5-8,12H,9-11H2,1-4H3. The van der Waals surface area contributed by atoms with Crippen LogP contribution < -0.4 is 4.90 Å². The van der Waals surface area contributed by atoms with Crippen LogP contribution in [0.15, 0.2) is 28.8 Å². The van der Waals surface area contributed by atoms with Gasteiger partial charge in [0.25, 0.3) is 5.95 Å². The molecule has 0 fully saturated rings. The number of aryl methyl sites for hydroxylation is 2. The number of anilines is 1. The van der Waals surface area contributed by atoms with Crippen LogP contribution in [-0.4, -0.2) is 24.2 Å². The zero-order chi connectivity index (χ0) is 14.5. The number of hydrogen-bond acceptors (Lipinski definition) is 4. The Kier molecular flexibility index (Phi) is 4.77. The summed E-state index contributed by atoms with van der Waals surface area (Å²) < 4.78 is 5.22. The molecule has 1 heterocycles. The average Bonchev–Trinajstić information content (AvgIpc) is 2.86. The summed E-state index contributed by atoms with van der Waals surface area (Å²) in [7, 11) is 3.81. The molecule has 2 aromatic rings. The van der Waals surface area contributed by atoms with E-state index >= 15 is 0 Å². The number of nitrogens with zero attached hydrogens (tertiary/aromatic N) is 3. The van der Waals surface area contributed by atoms with Crippen LogP contribution in [0.25, 0.3) is 0 Å². The molecule has 4 heteroatoms. The second-order valence-corrected chi connectivity index (χ2v) is 5.80. The van der Waals surface area contributed by atoms with Crippen LogP contribution in [0.2, 0.25) is 0 Å². The summed E-state index contributed by atoms with van der Waals surface area (Å²) in [6.07, 6.45) is 2.84. The molecular weight excluding hydrogens is 250 g/mol. The Morgan fingerprint density at radius 2 is 1.70 bits per heavy atom. The van der Waals surface area contributed by atoms with E-state index in [0.29, 0.717) is 17.8 Å². The van der Waals surface area contributed by atoms with Gasteiger partial charge in [-0.1, -0.05) is 38.1 Å². The Labute approximate surface area is 120 Å². The van der Waals surface area contributed by atoms with Gasteiger partial charge in [-0.05, 0) is 35.0 Å². The lowest BCUT2D eigenvalue weighted by molar-refractivity contribution is 0.378. The molecule has 0 atom stereocenters. The summed E-state index contributed by atoms with van der Waals surface area (Å²) >= 11 is 0. The van der Waals surface area contributed by atoms with E-state index in [4.69, 9.17) is 4.52 Å².